The molecule has 154 valence electrons. The lowest BCUT2D eigenvalue weighted by atomic mass is 9.96. The number of carbonyl (C=O) groups excluding carboxylic acids is 3. The van der Waals surface area contributed by atoms with Gasteiger partial charge in [-0.3, -0.25) is 14.4 Å². The number of piperidine rings is 1. The van der Waals surface area contributed by atoms with Crippen LogP contribution in [0.25, 0.3) is 11.3 Å². The number of thiazole rings is 1. The van der Waals surface area contributed by atoms with Crippen LogP contribution in [0.15, 0.2) is 35.2 Å². The molecule has 1 saturated heterocycles. The third-order valence-electron chi connectivity index (χ3n) is 5.02. The number of anilines is 1. The molecule has 2 aromatic rings. The molecule has 0 spiro atoms. The topological polar surface area (TPSA) is 88.6 Å². The van der Waals surface area contributed by atoms with Crippen molar-refractivity contribution >= 4 is 34.8 Å². The molecule has 0 aliphatic carbocycles. The molecule has 0 bridgehead atoms. The molecular weight excluding hydrogens is 390 g/mol. The van der Waals surface area contributed by atoms with Crippen LogP contribution in [0.3, 0.4) is 0 Å². The fourth-order valence-electron chi connectivity index (χ4n) is 3.39. The maximum Gasteiger partial charge on any atom is 0.305 e. The van der Waals surface area contributed by atoms with E-state index in [2.05, 4.69) is 15.0 Å². The second-order valence-corrected chi connectivity index (χ2v) is 7.77. The molecule has 2 heterocycles. The fraction of sp³-hybridized carbons (Fsp3) is 0.429. The van der Waals surface area contributed by atoms with E-state index in [1.54, 1.807) is 21.7 Å². The van der Waals surface area contributed by atoms with E-state index in [1.807, 2.05) is 29.6 Å². The molecule has 1 aliphatic heterocycles. The first-order valence-corrected chi connectivity index (χ1v) is 10.6. The van der Waals surface area contributed by atoms with E-state index in [-0.39, 0.29) is 30.1 Å². The monoisotopic (exact) mass is 415 g/mol. The summed E-state index contributed by atoms with van der Waals surface area (Å²) in [5.41, 5.74) is 4.44. The van der Waals surface area contributed by atoms with Crippen molar-refractivity contribution in [2.24, 2.45) is 5.92 Å². The van der Waals surface area contributed by atoms with Crippen molar-refractivity contribution in [3.8, 4) is 11.3 Å². The van der Waals surface area contributed by atoms with Gasteiger partial charge in [-0.2, -0.15) is 0 Å². The first-order chi connectivity index (χ1) is 14.1. The van der Waals surface area contributed by atoms with E-state index in [9.17, 15) is 14.4 Å². The van der Waals surface area contributed by atoms with Crippen molar-refractivity contribution in [2.75, 3.05) is 25.5 Å². The van der Waals surface area contributed by atoms with Gasteiger partial charge in [0.05, 0.1) is 24.2 Å². The van der Waals surface area contributed by atoms with Gasteiger partial charge in [0.1, 0.15) is 0 Å². The number of benzene rings is 1. The standard InChI is InChI=1S/C21H25N3O4S/c1-28-20(26)6-2-5-19(25)24-11-3-4-16(12-24)21(27)23-17-9-7-15(8-10-17)18-13-29-14-22-18/h7-10,13-14,16H,2-6,11-12H2,1H3,(H,23,27)/t16-/m0/s1. The van der Waals surface area contributed by atoms with Gasteiger partial charge in [0, 0.05) is 42.6 Å². The quantitative estimate of drug-likeness (QED) is 0.701. The number of methoxy groups -OCH3 is 1. The predicted octanol–water partition coefficient (Wildman–Crippen LogP) is 3.33. The number of aromatic nitrogens is 1. The van der Waals surface area contributed by atoms with Crippen molar-refractivity contribution in [1.29, 1.82) is 0 Å². The number of amides is 2. The number of likely N-dealkylation sites (tertiary alicyclic amines) is 1. The Labute approximate surface area is 174 Å². The van der Waals surface area contributed by atoms with Gasteiger partial charge in [-0.1, -0.05) is 12.1 Å². The van der Waals surface area contributed by atoms with Gasteiger partial charge in [-0.25, -0.2) is 4.98 Å². The van der Waals surface area contributed by atoms with Crippen molar-refractivity contribution in [2.45, 2.75) is 32.1 Å². The number of hydrogen-bond donors (Lipinski definition) is 1. The SMILES string of the molecule is COC(=O)CCCC(=O)N1CCC[C@H](C(=O)Nc2ccc(-c3cscn3)cc2)C1. The Kier molecular flexibility index (Phi) is 7.35. The number of nitrogens with one attached hydrogen (secondary N) is 1. The number of esters is 1. The van der Waals surface area contributed by atoms with Crippen LogP contribution in [0.5, 0.6) is 0 Å². The van der Waals surface area contributed by atoms with Crippen LogP contribution in [0, 0.1) is 5.92 Å². The van der Waals surface area contributed by atoms with Gasteiger partial charge in [0.15, 0.2) is 0 Å². The molecule has 0 unspecified atom stereocenters. The average molecular weight is 416 g/mol. The first-order valence-electron chi connectivity index (χ1n) is 9.71. The van der Waals surface area contributed by atoms with Crippen molar-refractivity contribution in [3.05, 3.63) is 35.2 Å². The van der Waals surface area contributed by atoms with Gasteiger partial charge in [-0.15, -0.1) is 11.3 Å². The minimum atomic E-state index is -0.311. The molecule has 2 amide bonds. The minimum Gasteiger partial charge on any atom is -0.469 e. The zero-order valence-corrected chi connectivity index (χ0v) is 17.2. The Morgan fingerprint density at radius 1 is 1.24 bits per heavy atom. The molecular formula is C21H25N3O4S. The number of hydrogen-bond acceptors (Lipinski definition) is 6. The van der Waals surface area contributed by atoms with Crippen LogP contribution < -0.4 is 5.32 Å². The summed E-state index contributed by atoms with van der Waals surface area (Å²) in [4.78, 5) is 42.2. The second kappa shape index (κ2) is 10.2. The molecule has 1 aromatic carbocycles. The lowest BCUT2D eigenvalue weighted by molar-refractivity contribution is -0.141. The summed E-state index contributed by atoms with van der Waals surface area (Å²) in [6.07, 6.45) is 2.54. The molecule has 7 nitrogen and oxygen atoms in total. The van der Waals surface area contributed by atoms with Gasteiger partial charge < -0.3 is 15.0 Å². The summed E-state index contributed by atoms with van der Waals surface area (Å²) >= 11 is 1.54. The molecule has 1 atom stereocenters. The number of rotatable bonds is 7. The molecule has 0 saturated carbocycles. The summed E-state index contributed by atoms with van der Waals surface area (Å²) in [7, 11) is 1.34. The van der Waals surface area contributed by atoms with Crippen molar-refractivity contribution < 1.29 is 19.1 Å². The van der Waals surface area contributed by atoms with Crippen LogP contribution in [0.1, 0.15) is 32.1 Å². The number of carbonyl (C=O) groups is 3. The Morgan fingerprint density at radius 3 is 2.72 bits per heavy atom. The molecule has 29 heavy (non-hydrogen) atoms. The highest BCUT2D eigenvalue weighted by atomic mass is 32.1. The van der Waals surface area contributed by atoms with E-state index < -0.39 is 0 Å². The second-order valence-electron chi connectivity index (χ2n) is 7.05. The lowest BCUT2D eigenvalue weighted by Gasteiger charge is -2.32. The third-order valence-corrected chi connectivity index (χ3v) is 5.61. The van der Waals surface area contributed by atoms with Crippen LogP contribution in [0.4, 0.5) is 5.69 Å². The molecule has 8 heteroatoms. The molecule has 1 fully saturated rings. The summed E-state index contributed by atoms with van der Waals surface area (Å²) in [5, 5.41) is 4.93. The Bertz CT molecular complexity index is 836. The highest BCUT2D eigenvalue weighted by Crippen LogP contribution is 2.23. The molecule has 1 N–H and O–H groups in total. The average Bonchev–Trinajstić information content (AvgIpc) is 3.29. The van der Waals surface area contributed by atoms with Crippen LogP contribution in [-0.2, 0) is 19.1 Å². The van der Waals surface area contributed by atoms with E-state index in [4.69, 9.17) is 0 Å². The molecule has 0 radical (unpaired) electrons. The van der Waals surface area contributed by atoms with Gasteiger partial charge in [0.2, 0.25) is 11.8 Å². The smallest absolute Gasteiger partial charge is 0.305 e. The highest BCUT2D eigenvalue weighted by molar-refractivity contribution is 7.07. The highest BCUT2D eigenvalue weighted by Gasteiger charge is 2.28. The normalized spacial score (nSPS) is 16.3. The summed E-state index contributed by atoms with van der Waals surface area (Å²) in [6.45, 7) is 1.07. The molecule has 1 aromatic heterocycles. The fourth-order valence-corrected chi connectivity index (χ4v) is 3.95. The zero-order valence-electron chi connectivity index (χ0n) is 16.4. The van der Waals surface area contributed by atoms with E-state index >= 15 is 0 Å². The largest absolute Gasteiger partial charge is 0.469 e. The predicted molar refractivity (Wildman–Crippen MR) is 111 cm³/mol. The minimum absolute atomic E-state index is 0.0148. The summed E-state index contributed by atoms with van der Waals surface area (Å²) in [5.74, 6) is -0.626. The molecule has 3 rings (SSSR count). The maximum absolute atomic E-state index is 12.7. The summed E-state index contributed by atoms with van der Waals surface area (Å²) < 4.78 is 4.59. The lowest BCUT2D eigenvalue weighted by Crippen LogP contribution is -2.43. The van der Waals surface area contributed by atoms with Gasteiger partial charge in [0.25, 0.3) is 0 Å². The zero-order chi connectivity index (χ0) is 20.6. The number of nitrogens with zero attached hydrogens (tertiary/aromatic N) is 2. The van der Waals surface area contributed by atoms with Crippen molar-refractivity contribution in [1.82, 2.24) is 9.88 Å². The van der Waals surface area contributed by atoms with Gasteiger partial charge in [-0.05, 0) is 31.4 Å². The van der Waals surface area contributed by atoms with E-state index in [0.717, 1.165) is 29.8 Å². The van der Waals surface area contributed by atoms with Crippen LogP contribution in [-0.4, -0.2) is 47.9 Å². The first kappa shape index (κ1) is 21.0. The maximum atomic E-state index is 12.7. The van der Waals surface area contributed by atoms with Gasteiger partial charge >= 0.3 is 5.97 Å². The van der Waals surface area contributed by atoms with E-state index in [0.29, 0.717) is 25.9 Å². The molecule has 1 aliphatic rings. The van der Waals surface area contributed by atoms with E-state index in [1.165, 1.54) is 7.11 Å². The van der Waals surface area contributed by atoms with Crippen LogP contribution >= 0.6 is 11.3 Å². The Balaban J connectivity index is 1.50. The van der Waals surface area contributed by atoms with Crippen molar-refractivity contribution in [3.63, 3.8) is 0 Å². The summed E-state index contributed by atoms with van der Waals surface area (Å²) in [6, 6.07) is 7.60. The Hall–Kier alpha value is -2.74. The van der Waals surface area contributed by atoms with Crippen LogP contribution in [0.2, 0.25) is 0 Å². The number of ether oxygens (including phenoxy) is 1. The third kappa shape index (κ3) is 5.87. The Morgan fingerprint density at radius 2 is 2.03 bits per heavy atom.